The van der Waals surface area contributed by atoms with Crippen LogP contribution in [-0.4, -0.2) is 16.9 Å². The van der Waals surface area contributed by atoms with Crippen molar-refractivity contribution >= 4 is 28.6 Å². The molecule has 0 aromatic heterocycles. The van der Waals surface area contributed by atoms with Gasteiger partial charge in [0, 0.05) is 18.0 Å². The quantitative estimate of drug-likeness (QED) is 0.401. The van der Waals surface area contributed by atoms with Crippen molar-refractivity contribution in [1.82, 2.24) is 0 Å². The maximum atomic E-state index is 8.77. The first-order valence-electron chi connectivity index (χ1n) is 0.995. The molecule has 0 aromatic rings. The second-order valence-electron chi connectivity index (χ2n) is 0.253. The van der Waals surface area contributed by atoms with E-state index in [4.69, 9.17) is 9.90 Å². The van der Waals surface area contributed by atoms with Crippen molar-refractivity contribution in [3.63, 3.8) is 0 Å². The molecule has 4 heteroatoms. The highest BCUT2D eigenvalue weighted by atomic mass is 35.5. The predicted molar refractivity (Wildman–Crippen MR) is 25.7 cm³/mol. The minimum absolute atomic E-state index is 1.36. The highest BCUT2D eigenvalue weighted by molar-refractivity contribution is 6.60. The molecule has 2 nitrogen and oxygen atoms in total. The molecule has 0 fully saturated rings. The van der Waals surface area contributed by atoms with Crippen molar-refractivity contribution < 1.29 is 9.90 Å². The van der Waals surface area contributed by atoms with Gasteiger partial charge >= 0.3 is 5.43 Å². The molecule has 0 bridgehead atoms. The minimum Gasteiger partial charge on any atom is -0.469 e. The monoisotopic (exact) mass is 130 g/mol. The lowest BCUT2D eigenvalue weighted by molar-refractivity contribution is 0.220. The summed E-state index contributed by atoms with van der Waals surface area (Å²) in [5.74, 6) is 0. The number of halogens is 2. The van der Waals surface area contributed by atoms with Crippen LogP contribution in [-0.2, 0) is 0 Å². The number of carboxylic acid groups (broad SMARTS) is 1. The second kappa shape index (κ2) is 8.90. The average Bonchev–Trinajstić information content (AvgIpc) is 1.41. The minimum atomic E-state index is -1.36. The van der Waals surface area contributed by atoms with E-state index >= 15 is 0 Å². The zero-order chi connectivity index (χ0) is 5.58. The Kier molecular flexibility index (Phi) is 14.0. The number of alkyl halides is 1. The van der Waals surface area contributed by atoms with Crippen molar-refractivity contribution in [3.8, 4) is 0 Å². The number of hydrogen-bond acceptors (Lipinski definition) is 1. The van der Waals surface area contributed by atoms with E-state index in [0.717, 1.165) is 0 Å². The van der Waals surface area contributed by atoms with Gasteiger partial charge in [-0.05, 0) is 0 Å². The van der Waals surface area contributed by atoms with Crippen LogP contribution in [0.3, 0.4) is 0 Å². The molecular weight excluding hydrogens is 127 g/mol. The van der Waals surface area contributed by atoms with Gasteiger partial charge in [-0.3, -0.25) is 0 Å². The van der Waals surface area contributed by atoms with Crippen molar-refractivity contribution in [3.05, 3.63) is 0 Å². The fraction of sp³-hybridized carbons (Fsp3) is 0.500. The molecule has 0 spiro atoms. The van der Waals surface area contributed by atoms with Gasteiger partial charge in [0.2, 0.25) is 0 Å². The highest BCUT2D eigenvalue weighted by Crippen LogP contribution is 1.67. The van der Waals surface area contributed by atoms with Crippen molar-refractivity contribution in [1.29, 1.82) is 0 Å². The van der Waals surface area contributed by atoms with E-state index in [1.165, 1.54) is 6.38 Å². The van der Waals surface area contributed by atoms with E-state index < -0.39 is 5.43 Å². The molecule has 0 heterocycles. The Hall–Kier alpha value is 0.0500. The Balaban J connectivity index is 0. The maximum Gasteiger partial charge on any atom is 0.401 e. The van der Waals surface area contributed by atoms with Crippen LogP contribution in [0.4, 0.5) is 4.79 Å². The Labute approximate surface area is 45.7 Å². The van der Waals surface area contributed by atoms with Crippen LogP contribution in [0, 0.1) is 0 Å². The van der Waals surface area contributed by atoms with Gasteiger partial charge in [0.1, 0.15) is 0 Å². The largest absolute Gasteiger partial charge is 0.469 e. The van der Waals surface area contributed by atoms with Gasteiger partial charge in [-0.1, -0.05) is 0 Å². The van der Waals surface area contributed by atoms with Crippen LogP contribution in [0.5, 0.6) is 0 Å². The van der Waals surface area contributed by atoms with E-state index in [1.807, 2.05) is 0 Å². The maximum absolute atomic E-state index is 8.77. The lowest BCUT2D eigenvalue weighted by Crippen LogP contribution is -1.66. The fourth-order valence-corrected chi connectivity index (χ4v) is 0. The van der Waals surface area contributed by atoms with Crippen molar-refractivity contribution in [2.75, 3.05) is 6.38 Å². The summed E-state index contributed by atoms with van der Waals surface area (Å²) >= 11 is 8.83. The molecule has 0 rings (SSSR count). The van der Waals surface area contributed by atoms with Gasteiger partial charge in [-0.15, -0.1) is 11.6 Å². The number of hydrogen-bond donors (Lipinski definition) is 1. The molecule has 0 radical (unpaired) electrons. The van der Waals surface area contributed by atoms with Gasteiger partial charge in [0.25, 0.3) is 0 Å². The predicted octanol–water partition coefficient (Wildman–Crippen LogP) is 1.76. The Morgan fingerprint density at radius 3 is 1.67 bits per heavy atom. The van der Waals surface area contributed by atoms with Crippen molar-refractivity contribution in [2.45, 2.75) is 0 Å². The van der Waals surface area contributed by atoms with E-state index in [9.17, 15) is 0 Å². The summed E-state index contributed by atoms with van der Waals surface area (Å²) in [5, 5.41) is 7.18. The number of carbonyl (C=O) groups is 1. The van der Waals surface area contributed by atoms with Gasteiger partial charge in [0.05, 0.1) is 0 Å². The Bertz CT molecular complexity index is 32.5. The zero-order valence-corrected chi connectivity index (χ0v) is 4.62. The summed E-state index contributed by atoms with van der Waals surface area (Å²) in [6.07, 6.45) is 1.47. The highest BCUT2D eigenvalue weighted by Gasteiger charge is 1.71. The van der Waals surface area contributed by atoms with Crippen LogP contribution in [0.2, 0.25) is 0 Å². The molecule has 0 aliphatic rings. The summed E-state index contributed by atoms with van der Waals surface area (Å²) in [5.41, 5.74) is -1.36. The Morgan fingerprint density at radius 2 is 1.67 bits per heavy atom. The summed E-state index contributed by atoms with van der Waals surface area (Å²) in [7, 11) is 0. The van der Waals surface area contributed by atoms with Gasteiger partial charge in [-0.25, -0.2) is 4.79 Å². The average molecular weight is 131 g/mol. The molecule has 0 saturated heterocycles. The fourth-order valence-electron chi connectivity index (χ4n) is 0. The van der Waals surface area contributed by atoms with Crippen molar-refractivity contribution in [2.24, 2.45) is 0 Å². The summed E-state index contributed by atoms with van der Waals surface area (Å²) in [6, 6.07) is 0. The van der Waals surface area contributed by atoms with E-state index in [2.05, 4.69) is 23.2 Å². The molecule has 1 N–H and O–H groups in total. The normalized spacial score (nSPS) is 5.17. The second-order valence-corrected chi connectivity index (χ2v) is 0.576. The van der Waals surface area contributed by atoms with E-state index in [1.54, 1.807) is 0 Å². The third-order valence-electron chi connectivity index (χ3n) is 0. The summed E-state index contributed by atoms with van der Waals surface area (Å²) in [6.45, 7) is 0. The third-order valence-corrected chi connectivity index (χ3v) is 0. The van der Waals surface area contributed by atoms with E-state index in [0.29, 0.717) is 0 Å². The molecule has 0 saturated carbocycles. The molecule has 0 unspecified atom stereocenters. The lowest BCUT2D eigenvalue weighted by atomic mass is 11.6. The van der Waals surface area contributed by atoms with Crippen LogP contribution in [0.1, 0.15) is 0 Å². The first kappa shape index (κ1) is 9.41. The molecule has 0 aliphatic carbocycles. The zero-order valence-electron chi connectivity index (χ0n) is 3.11. The molecule has 6 heavy (non-hydrogen) atoms. The smallest absolute Gasteiger partial charge is 0.401 e. The molecule has 38 valence electrons. The SMILES string of the molecule is CCl.O=C(O)Cl. The first-order valence-corrected chi connectivity index (χ1v) is 2.13. The van der Waals surface area contributed by atoms with E-state index in [-0.39, 0.29) is 0 Å². The molecule has 0 amide bonds. The number of rotatable bonds is 0. The first-order chi connectivity index (χ1) is 2.73. The topological polar surface area (TPSA) is 37.3 Å². The van der Waals surface area contributed by atoms with Gasteiger partial charge in [-0.2, -0.15) is 0 Å². The molecule has 0 atom stereocenters. The summed E-state index contributed by atoms with van der Waals surface area (Å²) < 4.78 is 0. The summed E-state index contributed by atoms with van der Waals surface area (Å²) in [4.78, 5) is 8.77. The van der Waals surface area contributed by atoms with Crippen LogP contribution in [0.15, 0.2) is 0 Å². The van der Waals surface area contributed by atoms with Crippen LogP contribution >= 0.6 is 23.2 Å². The van der Waals surface area contributed by atoms with Gasteiger partial charge < -0.3 is 5.11 Å². The van der Waals surface area contributed by atoms with Crippen LogP contribution in [0.25, 0.3) is 0 Å². The Morgan fingerprint density at radius 1 is 1.67 bits per heavy atom. The molecular formula is C2H4Cl2O2. The van der Waals surface area contributed by atoms with Crippen LogP contribution < -0.4 is 0 Å². The standard InChI is InChI=1S/CHClO2.CH3Cl/c2-1(3)4;1-2/h(H,3,4);1H3. The molecule has 0 aromatic carbocycles. The third kappa shape index (κ3) is 15100. The van der Waals surface area contributed by atoms with Gasteiger partial charge in [0.15, 0.2) is 0 Å². The molecule has 0 aliphatic heterocycles. The lowest BCUT2D eigenvalue weighted by Gasteiger charge is -1.55.